The van der Waals surface area contributed by atoms with Crippen LogP contribution in [0.4, 0.5) is 25.8 Å². The third-order valence-corrected chi connectivity index (χ3v) is 7.81. The van der Waals surface area contributed by atoms with E-state index in [-0.39, 0.29) is 22.5 Å². The van der Waals surface area contributed by atoms with Gasteiger partial charge in [0, 0.05) is 57.3 Å². The Bertz CT molecular complexity index is 2380. The van der Waals surface area contributed by atoms with Crippen LogP contribution in [0.25, 0.3) is 27.8 Å². The van der Waals surface area contributed by atoms with E-state index in [1.54, 1.807) is 47.0 Å². The summed E-state index contributed by atoms with van der Waals surface area (Å²) in [5.41, 5.74) is 2.09. The van der Waals surface area contributed by atoms with Crippen molar-refractivity contribution in [3.8, 4) is 5.82 Å². The maximum absolute atomic E-state index is 16.9. The molecule has 1 aliphatic heterocycles. The summed E-state index contributed by atoms with van der Waals surface area (Å²) in [7, 11) is 0. The van der Waals surface area contributed by atoms with Crippen molar-refractivity contribution in [2.45, 2.75) is 39.0 Å². The molecule has 3 aromatic carbocycles. The SMILES string of the molecule is [2H]C([2H])([2H])c1ccnc(-n2c3ccccc3c3ncc(C(F)(F)c4cc([N+]5=C=[N+](C([2H])([2H])[2H])c6ccccc65)cc(C(C)(C)C)c4)cc32)c1. The van der Waals surface area contributed by atoms with Crippen LogP contribution in [0.3, 0.4) is 0 Å². The van der Waals surface area contributed by atoms with Crippen LogP contribution in [-0.2, 0) is 11.3 Å². The molecule has 0 bridgehead atoms. The van der Waals surface area contributed by atoms with E-state index in [2.05, 4.69) is 16.0 Å². The molecule has 6 aromatic rings. The van der Waals surface area contributed by atoms with Crippen LogP contribution >= 0.6 is 0 Å². The van der Waals surface area contributed by atoms with E-state index >= 15 is 8.78 Å². The van der Waals surface area contributed by atoms with Crippen molar-refractivity contribution < 1.29 is 21.6 Å². The fourth-order valence-electron chi connectivity index (χ4n) is 5.56. The molecule has 0 aliphatic carbocycles. The van der Waals surface area contributed by atoms with Gasteiger partial charge in [0.2, 0.25) is 5.69 Å². The first-order chi connectivity index (χ1) is 22.9. The molecule has 7 rings (SSSR count). The zero-order valence-corrected chi connectivity index (χ0v) is 23.7. The van der Waals surface area contributed by atoms with E-state index in [1.807, 2.05) is 32.9 Å². The zero-order chi connectivity index (χ0) is 35.1. The van der Waals surface area contributed by atoms with Gasteiger partial charge in [-0.15, -0.1) is 0 Å². The number of halogens is 2. The van der Waals surface area contributed by atoms with Gasteiger partial charge in [-0.05, 0) is 58.3 Å². The first-order valence-corrected chi connectivity index (χ1v) is 13.8. The molecule has 3 aromatic heterocycles. The Hall–Kier alpha value is -5.00. The lowest BCUT2D eigenvalue weighted by Gasteiger charge is -2.23. The topological polar surface area (TPSA) is 36.7 Å². The van der Waals surface area contributed by atoms with E-state index in [4.69, 9.17) is 8.22 Å². The molecule has 1 aliphatic rings. The van der Waals surface area contributed by atoms with E-state index in [9.17, 15) is 0 Å². The highest BCUT2D eigenvalue weighted by Crippen LogP contribution is 2.43. The molecule has 0 saturated heterocycles. The molecular weight excluding hydrogens is 540 g/mol. The molecule has 0 fully saturated rings. The highest BCUT2D eigenvalue weighted by atomic mass is 19.3. The molecule has 0 spiro atoms. The van der Waals surface area contributed by atoms with E-state index in [0.717, 1.165) is 10.8 Å². The summed E-state index contributed by atoms with van der Waals surface area (Å²) in [5, 5.41) is 0.697. The molecule has 7 heteroatoms. The second-order valence-electron chi connectivity index (χ2n) is 11.7. The number of hydrogen-bond donors (Lipinski definition) is 0. The average Bonchev–Trinajstić information content (AvgIpc) is 3.60. The number of hydrogen-bond acceptors (Lipinski definition) is 2. The van der Waals surface area contributed by atoms with Crippen LogP contribution in [0.5, 0.6) is 0 Å². The Labute approximate surface area is 257 Å². The minimum Gasteiger partial charge on any atom is -0.292 e. The van der Waals surface area contributed by atoms with Crippen LogP contribution in [-0.4, -0.2) is 32.1 Å². The number of nitrogens with zero attached hydrogens (tertiary/aromatic N) is 5. The standard InChI is InChI=1S/C36H31F2N5/c1-23-14-15-39-33(16-23)43-29-11-7-6-10-28(29)34-32(43)20-26(21-40-34)36(37,38)25-17-24(35(2,3)4)18-27(19-25)42-22-41(5)30-12-8-9-13-31(30)42/h6-21H,1-5H3/q+2/i1D3,5D3. The van der Waals surface area contributed by atoms with Gasteiger partial charge in [-0.3, -0.25) is 9.55 Å². The normalized spacial score (nSPS) is 16.0. The minimum absolute atomic E-state index is 0.0681. The summed E-state index contributed by atoms with van der Waals surface area (Å²) in [5.74, 6) is -3.30. The van der Waals surface area contributed by atoms with Crippen LogP contribution < -0.4 is 4.58 Å². The summed E-state index contributed by atoms with van der Waals surface area (Å²) in [6.45, 7) is 0.812. The molecule has 212 valence electrons. The molecule has 43 heavy (non-hydrogen) atoms. The molecular formula is C36H31F2N5+2. The largest absolute Gasteiger partial charge is 0.496 e. The second kappa shape index (κ2) is 9.51. The number of rotatable bonds is 4. The molecule has 0 N–H and O–H groups in total. The first-order valence-electron chi connectivity index (χ1n) is 16.8. The van der Waals surface area contributed by atoms with Crippen molar-refractivity contribution in [2.24, 2.45) is 0 Å². The molecule has 0 atom stereocenters. The van der Waals surface area contributed by atoms with Gasteiger partial charge >= 0.3 is 6.01 Å². The van der Waals surface area contributed by atoms with E-state index in [1.165, 1.54) is 41.1 Å². The number of fused-ring (bicyclic) bond motifs is 4. The van der Waals surface area contributed by atoms with Crippen molar-refractivity contribution in [3.05, 3.63) is 120 Å². The van der Waals surface area contributed by atoms with Crippen LogP contribution in [0.2, 0.25) is 0 Å². The smallest absolute Gasteiger partial charge is 0.292 e. The van der Waals surface area contributed by atoms with Crippen LogP contribution in [0, 0.1) is 6.85 Å². The zero-order valence-electron chi connectivity index (χ0n) is 29.7. The van der Waals surface area contributed by atoms with Crippen LogP contribution in [0.1, 0.15) is 51.2 Å². The molecule has 4 heterocycles. The van der Waals surface area contributed by atoms with Gasteiger partial charge in [0.25, 0.3) is 17.3 Å². The van der Waals surface area contributed by atoms with Crippen molar-refractivity contribution in [1.29, 1.82) is 0 Å². The Morgan fingerprint density at radius 1 is 0.814 bits per heavy atom. The molecule has 0 unspecified atom stereocenters. The second-order valence-corrected chi connectivity index (χ2v) is 11.7. The Kier molecular flexibility index (Phi) is 4.60. The van der Waals surface area contributed by atoms with Crippen molar-refractivity contribution in [1.82, 2.24) is 19.1 Å². The highest BCUT2D eigenvalue weighted by Gasteiger charge is 2.40. The number of aromatic nitrogens is 3. The van der Waals surface area contributed by atoms with Crippen LogP contribution in [0.15, 0.2) is 97.3 Å². The van der Waals surface area contributed by atoms with Crippen molar-refractivity contribution in [3.63, 3.8) is 0 Å². The Balaban J connectivity index is 1.44. The summed E-state index contributed by atoms with van der Waals surface area (Å²) < 4.78 is 85.9. The van der Waals surface area contributed by atoms with Gasteiger partial charge in [0.15, 0.2) is 6.98 Å². The Morgan fingerprint density at radius 2 is 1.58 bits per heavy atom. The molecule has 0 radical (unpaired) electrons. The quantitative estimate of drug-likeness (QED) is 0.197. The molecule has 0 saturated carbocycles. The monoisotopic (exact) mass is 577 g/mol. The van der Waals surface area contributed by atoms with Gasteiger partial charge in [0.05, 0.1) is 16.6 Å². The van der Waals surface area contributed by atoms with Gasteiger partial charge in [-0.25, -0.2) is 4.98 Å². The predicted octanol–water partition coefficient (Wildman–Crippen LogP) is 8.62. The van der Waals surface area contributed by atoms with Crippen molar-refractivity contribution >= 4 is 45.0 Å². The number of aryl methyl sites for hydroxylation is 1. The lowest BCUT2D eigenvalue weighted by Crippen LogP contribution is -2.19. The lowest BCUT2D eigenvalue weighted by atomic mass is 9.84. The van der Waals surface area contributed by atoms with Gasteiger partial charge < -0.3 is 0 Å². The number of para-hydroxylation sites is 3. The fraction of sp³-hybridized carbons (Fsp3) is 0.194. The fourth-order valence-corrected chi connectivity index (χ4v) is 5.56. The predicted molar refractivity (Wildman–Crippen MR) is 168 cm³/mol. The van der Waals surface area contributed by atoms with E-state index in [0.29, 0.717) is 44.6 Å². The molecule has 0 amide bonds. The summed E-state index contributed by atoms with van der Waals surface area (Å²) in [4.78, 5) is 8.95. The maximum atomic E-state index is 16.9. The maximum Gasteiger partial charge on any atom is 0.496 e. The van der Waals surface area contributed by atoms with Crippen molar-refractivity contribution in [2.75, 3.05) is 6.98 Å². The summed E-state index contributed by atoms with van der Waals surface area (Å²) in [6.07, 6.45) is 2.55. The summed E-state index contributed by atoms with van der Waals surface area (Å²) >= 11 is 0. The van der Waals surface area contributed by atoms with Gasteiger partial charge in [-0.2, -0.15) is 8.78 Å². The number of alkyl halides is 2. The average molecular weight is 578 g/mol. The van der Waals surface area contributed by atoms with Gasteiger partial charge in [0.1, 0.15) is 9.93 Å². The number of pyridine rings is 2. The van der Waals surface area contributed by atoms with Gasteiger partial charge in [-0.1, -0.05) is 55.7 Å². The Morgan fingerprint density at radius 3 is 2.37 bits per heavy atom. The third kappa shape index (κ3) is 4.36. The summed E-state index contributed by atoms with van der Waals surface area (Å²) in [6, 6.07) is 25.8. The molecule has 5 nitrogen and oxygen atoms in total. The first kappa shape index (κ1) is 20.8. The minimum atomic E-state index is -3.56. The number of benzene rings is 3. The third-order valence-electron chi connectivity index (χ3n) is 7.81. The lowest BCUT2D eigenvalue weighted by molar-refractivity contribution is -0.394. The van der Waals surface area contributed by atoms with E-state index < -0.39 is 25.2 Å². The highest BCUT2D eigenvalue weighted by molar-refractivity contribution is 6.07.